The van der Waals surface area contributed by atoms with Crippen molar-refractivity contribution >= 4 is 48.2 Å². The number of fused-ring (bicyclic) bond motifs is 6. The molecule has 0 amide bonds. The molecule has 0 unspecified atom stereocenters. The number of H-pyrrole nitrogens is 1. The third-order valence-electron chi connectivity index (χ3n) is 5.21. The quantitative estimate of drug-likeness (QED) is 0.302. The van der Waals surface area contributed by atoms with E-state index in [1.807, 2.05) is 38.1 Å². The van der Waals surface area contributed by atoms with Gasteiger partial charge < -0.3 is 16.0 Å². The van der Waals surface area contributed by atoms with Crippen LogP contribution in [-0.4, -0.2) is 16.0 Å². The minimum atomic E-state index is -0.374. The number of nitrogens with two attached hydrogens (primary N) is 1. The summed E-state index contributed by atoms with van der Waals surface area (Å²) in [5.41, 5.74) is 6.73. The highest BCUT2D eigenvalue weighted by molar-refractivity contribution is 7.23. The summed E-state index contributed by atoms with van der Waals surface area (Å²) in [6, 6.07) is 6.93. The van der Waals surface area contributed by atoms with Crippen molar-refractivity contribution in [3.8, 4) is 0 Å². The van der Waals surface area contributed by atoms with E-state index in [1.165, 1.54) is 36.3 Å². The van der Waals surface area contributed by atoms with Gasteiger partial charge in [-0.1, -0.05) is 49.5 Å². The van der Waals surface area contributed by atoms with Gasteiger partial charge in [0.1, 0.15) is 5.82 Å². The summed E-state index contributed by atoms with van der Waals surface area (Å²) < 4.78 is 14.8. The maximum atomic E-state index is 13.9. The van der Waals surface area contributed by atoms with Crippen molar-refractivity contribution in [3.63, 3.8) is 0 Å². The first-order chi connectivity index (χ1) is 16.1. The molecule has 1 saturated carbocycles. The van der Waals surface area contributed by atoms with Gasteiger partial charge in [0.05, 0.1) is 15.6 Å². The maximum Gasteiger partial charge on any atom is 0.256 e. The number of hydrogen-bond donors (Lipinski definition) is 3. The van der Waals surface area contributed by atoms with Gasteiger partial charge >= 0.3 is 0 Å². The minimum Gasteiger partial charge on any atom is -0.332 e. The van der Waals surface area contributed by atoms with E-state index in [2.05, 4.69) is 22.5 Å². The molecule has 170 valence electrons. The lowest BCUT2D eigenvalue weighted by molar-refractivity contribution is 0.630. The molecule has 0 radical (unpaired) electrons. The highest BCUT2D eigenvalue weighted by atomic mass is 32.1. The van der Waals surface area contributed by atoms with Gasteiger partial charge in [-0.25, -0.2) is 9.37 Å². The average Bonchev–Trinajstić information content (AvgIpc) is 3.55. The van der Waals surface area contributed by atoms with Crippen molar-refractivity contribution < 1.29 is 4.39 Å². The van der Waals surface area contributed by atoms with E-state index in [0.29, 0.717) is 16.8 Å². The van der Waals surface area contributed by atoms with Gasteiger partial charge in [0.25, 0.3) is 5.56 Å². The van der Waals surface area contributed by atoms with Gasteiger partial charge in [-0.15, -0.1) is 0 Å². The lowest BCUT2D eigenvalue weighted by Crippen LogP contribution is -2.05. The van der Waals surface area contributed by atoms with Gasteiger partial charge in [0, 0.05) is 34.1 Å². The Morgan fingerprint density at radius 3 is 2.70 bits per heavy atom. The number of benzene rings is 2. The van der Waals surface area contributed by atoms with E-state index in [9.17, 15) is 9.18 Å². The summed E-state index contributed by atoms with van der Waals surface area (Å²) in [4.78, 5) is 19.9. The van der Waals surface area contributed by atoms with Crippen LogP contribution < -0.4 is 16.6 Å². The normalized spacial score (nSPS) is 14.8. The molecule has 1 fully saturated rings. The van der Waals surface area contributed by atoms with Gasteiger partial charge in [0.2, 0.25) is 0 Å². The van der Waals surface area contributed by atoms with Crippen LogP contribution in [0.5, 0.6) is 0 Å². The number of rotatable bonds is 2. The summed E-state index contributed by atoms with van der Waals surface area (Å²) in [7, 11) is 0. The number of hydrogen-bond acceptors (Lipinski definition) is 5. The molecule has 5 nitrogen and oxygen atoms in total. The zero-order valence-electron chi connectivity index (χ0n) is 18.7. The van der Waals surface area contributed by atoms with Crippen molar-refractivity contribution in [1.82, 2.24) is 9.97 Å². The van der Waals surface area contributed by atoms with E-state index < -0.39 is 0 Å². The zero-order valence-corrected chi connectivity index (χ0v) is 19.5. The van der Waals surface area contributed by atoms with E-state index in [-0.39, 0.29) is 11.4 Å². The first-order valence-corrected chi connectivity index (χ1v) is 12.0. The Balaban J connectivity index is 0.000000384. The van der Waals surface area contributed by atoms with Crippen molar-refractivity contribution in [3.05, 3.63) is 82.7 Å². The van der Waals surface area contributed by atoms with Gasteiger partial charge in [-0.05, 0) is 49.6 Å². The number of aromatic amines is 1. The molecule has 7 heteroatoms. The largest absolute Gasteiger partial charge is 0.332 e. The zero-order chi connectivity index (χ0) is 23.4. The number of nitrogens with zero attached hydrogens (tertiary/aromatic N) is 1. The molecule has 2 heterocycles. The van der Waals surface area contributed by atoms with Crippen LogP contribution in [0.2, 0.25) is 0 Å². The van der Waals surface area contributed by atoms with Gasteiger partial charge in [0.15, 0.2) is 5.13 Å². The van der Waals surface area contributed by atoms with Crippen molar-refractivity contribution in [2.24, 2.45) is 5.73 Å². The van der Waals surface area contributed by atoms with Crippen LogP contribution in [0.15, 0.2) is 71.3 Å². The fourth-order valence-corrected chi connectivity index (χ4v) is 4.53. The SMILES string of the molecule is CC.NC1CC1.O=c1[nH]ccc2c3sc(NC4=CCC=CC=C4)nc3c3ccc(F)cc3c12. The van der Waals surface area contributed by atoms with Gasteiger partial charge in [-0.3, -0.25) is 4.79 Å². The maximum absolute atomic E-state index is 13.9. The first kappa shape index (κ1) is 22.9. The summed E-state index contributed by atoms with van der Waals surface area (Å²) in [6.07, 6.45) is 15.1. The third kappa shape index (κ3) is 5.05. The number of halogens is 1. The summed E-state index contributed by atoms with van der Waals surface area (Å²) in [6.45, 7) is 4.00. The highest BCUT2D eigenvalue weighted by Gasteiger charge is 2.16. The molecule has 0 aliphatic heterocycles. The van der Waals surface area contributed by atoms with Crippen LogP contribution in [0.3, 0.4) is 0 Å². The molecule has 0 bridgehead atoms. The van der Waals surface area contributed by atoms with E-state index in [4.69, 9.17) is 10.7 Å². The topological polar surface area (TPSA) is 83.8 Å². The predicted octanol–water partition coefficient (Wildman–Crippen LogP) is 6.38. The van der Waals surface area contributed by atoms with E-state index in [1.54, 1.807) is 12.3 Å². The van der Waals surface area contributed by atoms with Crippen molar-refractivity contribution in [2.75, 3.05) is 5.32 Å². The van der Waals surface area contributed by atoms with Crippen molar-refractivity contribution in [1.29, 1.82) is 0 Å². The summed E-state index contributed by atoms with van der Waals surface area (Å²) >= 11 is 1.49. The number of pyridine rings is 1. The number of allylic oxidation sites excluding steroid dienone is 5. The predicted molar refractivity (Wildman–Crippen MR) is 138 cm³/mol. The Kier molecular flexibility index (Phi) is 7.01. The molecule has 0 atom stereocenters. The molecular weight excluding hydrogens is 435 g/mol. The Morgan fingerprint density at radius 1 is 1.15 bits per heavy atom. The van der Waals surface area contributed by atoms with Crippen LogP contribution in [0, 0.1) is 5.82 Å². The number of aromatic nitrogens is 2. The summed E-state index contributed by atoms with van der Waals surface area (Å²) in [5.74, 6) is -0.374. The molecule has 2 aliphatic carbocycles. The lowest BCUT2D eigenvalue weighted by atomic mass is 10.0. The Labute approximate surface area is 195 Å². The number of thiazole rings is 1. The fraction of sp³-hybridized carbons (Fsp3) is 0.231. The molecule has 0 saturated heterocycles. The van der Waals surface area contributed by atoms with Gasteiger partial charge in [-0.2, -0.15) is 0 Å². The number of nitrogens with one attached hydrogen (secondary N) is 2. The first-order valence-electron chi connectivity index (χ1n) is 11.2. The third-order valence-corrected chi connectivity index (χ3v) is 6.21. The standard InChI is InChI=1S/C21H14FN3OS.C3H7N.C2H6/c22-12-7-8-14-16(11-12)17-15(9-10-23-20(17)26)19-18(14)25-21(27-19)24-13-5-3-1-2-4-6-13;4-3-1-2-3;1-2/h1-3,5-11H,4H2,(H,23,26)(H,24,25);3H,1-2,4H2;1-2H3. The molecule has 4 N–H and O–H groups in total. The molecule has 33 heavy (non-hydrogen) atoms. The molecular formula is C26H27FN4OS. The fourth-order valence-electron chi connectivity index (χ4n) is 3.50. The van der Waals surface area contributed by atoms with Crippen LogP contribution in [0.25, 0.3) is 31.8 Å². The molecule has 0 spiro atoms. The van der Waals surface area contributed by atoms with Crippen LogP contribution in [0.4, 0.5) is 9.52 Å². The number of anilines is 1. The minimum absolute atomic E-state index is 0.228. The molecule has 2 aromatic heterocycles. The molecule has 2 aliphatic rings. The lowest BCUT2D eigenvalue weighted by Gasteiger charge is -2.05. The summed E-state index contributed by atoms with van der Waals surface area (Å²) in [5, 5.41) is 6.71. The monoisotopic (exact) mass is 462 g/mol. The van der Waals surface area contributed by atoms with Crippen molar-refractivity contribution in [2.45, 2.75) is 39.2 Å². The van der Waals surface area contributed by atoms with Crippen LogP contribution >= 0.6 is 11.3 Å². The smallest absolute Gasteiger partial charge is 0.256 e. The van der Waals surface area contributed by atoms with E-state index >= 15 is 0 Å². The Hall–Kier alpha value is -3.29. The second kappa shape index (κ2) is 10.1. The average molecular weight is 463 g/mol. The molecule has 2 aromatic carbocycles. The molecule has 4 aromatic rings. The second-order valence-electron chi connectivity index (χ2n) is 7.63. The highest BCUT2D eigenvalue weighted by Crippen LogP contribution is 2.38. The molecule has 6 rings (SSSR count). The van der Waals surface area contributed by atoms with Crippen LogP contribution in [-0.2, 0) is 0 Å². The van der Waals surface area contributed by atoms with E-state index in [0.717, 1.165) is 38.2 Å². The Morgan fingerprint density at radius 2 is 1.94 bits per heavy atom. The Bertz CT molecular complexity index is 1440. The van der Waals surface area contributed by atoms with Crippen LogP contribution in [0.1, 0.15) is 33.1 Å². The second-order valence-corrected chi connectivity index (χ2v) is 8.63.